The zero-order chi connectivity index (χ0) is 18.6. The average molecular weight is 371 g/mol. The molecule has 0 radical (unpaired) electrons. The zero-order valence-electron chi connectivity index (χ0n) is 14.7. The van der Waals surface area contributed by atoms with Crippen molar-refractivity contribution < 1.29 is 22.6 Å². The van der Waals surface area contributed by atoms with Crippen molar-refractivity contribution >= 4 is 5.96 Å². The number of hydrogen-bond donors (Lipinski definition) is 2. The fourth-order valence-electron chi connectivity index (χ4n) is 3.47. The first-order chi connectivity index (χ1) is 12.5. The normalized spacial score (nSPS) is 23.0. The van der Waals surface area contributed by atoms with E-state index in [0.29, 0.717) is 31.2 Å². The third-order valence-electron chi connectivity index (χ3n) is 4.92. The van der Waals surface area contributed by atoms with Crippen molar-refractivity contribution in [2.24, 2.45) is 16.8 Å². The zero-order valence-corrected chi connectivity index (χ0v) is 14.7. The number of benzene rings is 1. The molecule has 2 unspecified atom stereocenters. The van der Waals surface area contributed by atoms with Crippen molar-refractivity contribution in [3.05, 3.63) is 23.8 Å². The molecular weight excluding hydrogens is 347 g/mol. The summed E-state index contributed by atoms with van der Waals surface area (Å²) >= 11 is 0. The highest BCUT2D eigenvalue weighted by molar-refractivity contribution is 5.79. The summed E-state index contributed by atoms with van der Waals surface area (Å²) in [5, 5.41) is 6.33. The Labute approximate surface area is 151 Å². The summed E-state index contributed by atoms with van der Waals surface area (Å²) in [6, 6.07) is 5.69. The van der Waals surface area contributed by atoms with Gasteiger partial charge in [-0.3, -0.25) is 4.99 Å². The predicted molar refractivity (Wildman–Crippen MR) is 92.3 cm³/mol. The van der Waals surface area contributed by atoms with Crippen LogP contribution in [0.3, 0.4) is 0 Å². The largest absolute Gasteiger partial charge is 0.454 e. The Morgan fingerprint density at radius 1 is 1.19 bits per heavy atom. The molecule has 1 aromatic carbocycles. The van der Waals surface area contributed by atoms with Gasteiger partial charge in [0, 0.05) is 20.1 Å². The monoisotopic (exact) mass is 371 g/mol. The van der Waals surface area contributed by atoms with E-state index < -0.39 is 12.1 Å². The lowest BCUT2D eigenvalue weighted by Crippen LogP contribution is -2.41. The van der Waals surface area contributed by atoms with E-state index in [1.165, 1.54) is 0 Å². The second-order valence-corrected chi connectivity index (χ2v) is 6.77. The molecule has 0 saturated heterocycles. The third-order valence-corrected chi connectivity index (χ3v) is 4.92. The maximum absolute atomic E-state index is 12.9. The highest BCUT2D eigenvalue weighted by atomic mass is 19.4. The van der Waals surface area contributed by atoms with Crippen LogP contribution < -0.4 is 20.1 Å². The summed E-state index contributed by atoms with van der Waals surface area (Å²) in [4.78, 5) is 4.14. The van der Waals surface area contributed by atoms with Gasteiger partial charge in [0.1, 0.15) is 0 Å². The van der Waals surface area contributed by atoms with Gasteiger partial charge in [0.2, 0.25) is 6.79 Å². The van der Waals surface area contributed by atoms with Gasteiger partial charge in [0.05, 0.1) is 5.92 Å². The fourth-order valence-corrected chi connectivity index (χ4v) is 3.47. The van der Waals surface area contributed by atoms with Gasteiger partial charge < -0.3 is 20.1 Å². The lowest BCUT2D eigenvalue weighted by Gasteiger charge is -2.30. The number of fused-ring (bicyclic) bond motifs is 1. The number of halogens is 3. The number of hydrogen-bond acceptors (Lipinski definition) is 3. The number of rotatable bonds is 4. The smallest absolute Gasteiger partial charge is 0.391 e. The lowest BCUT2D eigenvalue weighted by molar-refractivity contribution is -0.185. The molecule has 144 valence electrons. The molecule has 1 aliphatic carbocycles. The summed E-state index contributed by atoms with van der Waals surface area (Å²) < 4.78 is 49.3. The minimum absolute atomic E-state index is 0.0134. The third kappa shape index (κ3) is 4.74. The Morgan fingerprint density at radius 2 is 2.00 bits per heavy atom. The van der Waals surface area contributed by atoms with Crippen LogP contribution in [-0.4, -0.2) is 32.5 Å². The first kappa shape index (κ1) is 18.7. The quantitative estimate of drug-likeness (QED) is 0.629. The van der Waals surface area contributed by atoms with Crippen molar-refractivity contribution in [3.63, 3.8) is 0 Å². The van der Waals surface area contributed by atoms with Crippen molar-refractivity contribution in [2.45, 2.75) is 38.4 Å². The van der Waals surface area contributed by atoms with E-state index in [4.69, 9.17) is 9.47 Å². The summed E-state index contributed by atoms with van der Waals surface area (Å²) in [6.07, 6.45) is -2.21. The summed E-state index contributed by atoms with van der Waals surface area (Å²) in [5.74, 6) is 0.864. The van der Waals surface area contributed by atoms with Gasteiger partial charge >= 0.3 is 6.18 Å². The number of nitrogens with zero attached hydrogens (tertiary/aromatic N) is 1. The van der Waals surface area contributed by atoms with Crippen molar-refractivity contribution in [3.8, 4) is 11.5 Å². The molecule has 0 spiro atoms. The Hall–Kier alpha value is -2.12. The Bertz CT molecular complexity index is 649. The Morgan fingerprint density at radius 3 is 2.77 bits per heavy atom. The molecule has 5 nitrogen and oxygen atoms in total. The molecule has 0 amide bonds. The van der Waals surface area contributed by atoms with Crippen molar-refractivity contribution in [1.82, 2.24) is 10.6 Å². The van der Waals surface area contributed by atoms with Gasteiger partial charge in [-0.1, -0.05) is 12.5 Å². The van der Waals surface area contributed by atoms with Gasteiger partial charge in [0.15, 0.2) is 17.5 Å². The molecule has 0 aromatic heterocycles. The van der Waals surface area contributed by atoms with Gasteiger partial charge in [-0.15, -0.1) is 0 Å². The minimum atomic E-state index is -4.09. The van der Waals surface area contributed by atoms with Crippen LogP contribution in [0.1, 0.15) is 31.2 Å². The number of ether oxygens (including phenoxy) is 2. The maximum atomic E-state index is 12.9. The number of aliphatic imine (C=N–C) groups is 1. The summed E-state index contributed by atoms with van der Waals surface area (Å²) in [7, 11) is 1.65. The molecule has 1 fully saturated rings. The standard InChI is InChI=1S/C18H24F3N3O2/c1-22-17(23-9-12-3-2-4-14(7-12)18(19,20)21)24-10-13-5-6-15-16(8-13)26-11-25-15/h5-6,8,12,14H,2-4,7,9-11H2,1H3,(H2,22,23,24). The number of nitrogens with one attached hydrogen (secondary N) is 2. The molecule has 26 heavy (non-hydrogen) atoms. The molecule has 1 saturated carbocycles. The van der Waals surface area contributed by atoms with E-state index in [1.807, 2.05) is 18.2 Å². The molecule has 1 aliphatic heterocycles. The van der Waals surface area contributed by atoms with E-state index in [1.54, 1.807) is 7.05 Å². The van der Waals surface area contributed by atoms with Crippen LogP contribution in [0.2, 0.25) is 0 Å². The van der Waals surface area contributed by atoms with Gasteiger partial charge in [0.25, 0.3) is 0 Å². The van der Waals surface area contributed by atoms with Gasteiger partial charge in [-0.05, 0) is 42.9 Å². The fraction of sp³-hybridized carbons (Fsp3) is 0.611. The van der Waals surface area contributed by atoms with Crippen LogP contribution in [0, 0.1) is 11.8 Å². The molecule has 1 aromatic rings. The van der Waals surface area contributed by atoms with Crippen LogP contribution in [0.15, 0.2) is 23.2 Å². The van der Waals surface area contributed by atoms with Crippen molar-refractivity contribution in [1.29, 1.82) is 0 Å². The molecule has 0 bridgehead atoms. The van der Waals surface area contributed by atoms with E-state index in [2.05, 4.69) is 15.6 Å². The van der Waals surface area contributed by atoms with Gasteiger partial charge in [-0.25, -0.2) is 0 Å². The van der Waals surface area contributed by atoms with Crippen LogP contribution in [0.5, 0.6) is 11.5 Å². The average Bonchev–Trinajstić information content (AvgIpc) is 3.09. The van der Waals surface area contributed by atoms with Crippen LogP contribution >= 0.6 is 0 Å². The molecule has 2 N–H and O–H groups in total. The number of guanidine groups is 1. The highest BCUT2D eigenvalue weighted by Crippen LogP contribution is 2.39. The van der Waals surface area contributed by atoms with Crippen LogP contribution in [-0.2, 0) is 6.54 Å². The first-order valence-corrected chi connectivity index (χ1v) is 8.85. The second kappa shape index (κ2) is 8.05. The van der Waals surface area contributed by atoms with E-state index >= 15 is 0 Å². The van der Waals surface area contributed by atoms with E-state index in [0.717, 1.165) is 17.7 Å². The van der Waals surface area contributed by atoms with Crippen LogP contribution in [0.4, 0.5) is 13.2 Å². The molecular formula is C18H24F3N3O2. The second-order valence-electron chi connectivity index (χ2n) is 6.77. The van der Waals surface area contributed by atoms with E-state index in [-0.39, 0.29) is 25.6 Å². The van der Waals surface area contributed by atoms with Crippen LogP contribution in [0.25, 0.3) is 0 Å². The Kier molecular flexibility index (Phi) is 5.78. The van der Waals surface area contributed by atoms with E-state index in [9.17, 15) is 13.2 Å². The predicted octanol–water partition coefficient (Wildman–Crippen LogP) is 3.45. The first-order valence-electron chi connectivity index (χ1n) is 8.85. The number of alkyl halides is 3. The Balaban J connectivity index is 1.46. The van der Waals surface area contributed by atoms with Gasteiger partial charge in [-0.2, -0.15) is 13.2 Å². The molecule has 2 aliphatic rings. The molecule has 2 atom stereocenters. The topological polar surface area (TPSA) is 54.9 Å². The maximum Gasteiger partial charge on any atom is 0.391 e. The lowest BCUT2D eigenvalue weighted by atomic mass is 9.81. The summed E-state index contributed by atoms with van der Waals surface area (Å²) in [6.45, 7) is 1.26. The van der Waals surface area contributed by atoms with Crippen molar-refractivity contribution in [2.75, 3.05) is 20.4 Å². The summed E-state index contributed by atoms with van der Waals surface area (Å²) in [5.41, 5.74) is 1.01. The highest BCUT2D eigenvalue weighted by Gasteiger charge is 2.42. The molecule has 1 heterocycles. The SMILES string of the molecule is CN=C(NCc1ccc2c(c1)OCO2)NCC1CCCC(C(F)(F)F)C1. The minimum Gasteiger partial charge on any atom is -0.454 e. The molecule has 3 rings (SSSR count). The molecule has 8 heteroatoms.